The van der Waals surface area contributed by atoms with Crippen LogP contribution in [0.1, 0.15) is 6.92 Å². The van der Waals surface area contributed by atoms with Crippen molar-refractivity contribution < 1.29 is 33.2 Å². The first kappa shape index (κ1) is 12.5. The molecular formula is C5H11O7P. The lowest BCUT2D eigenvalue weighted by Gasteiger charge is -2.11. The van der Waals surface area contributed by atoms with Crippen molar-refractivity contribution in [2.45, 2.75) is 6.92 Å². The SMILES string of the molecule is CCOC(=O)P(=O)(OOC)OOC. The van der Waals surface area contributed by atoms with Crippen LogP contribution in [0.25, 0.3) is 0 Å². The molecule has 0 atom stereocenters. The number of carbonyl (C=O) groups is 1. The van der Waals surface area contributed by atoms with Gasteiger partial charge >= 0.3 is 13.3 Å². The highest BCUT2D eigenvalue weighted by atomic mass is 31.2. The van der Waals surface area contributed by atoms with Crippen molar-refractivity contribution in [1.29, 1.82) is 0 Å². The van der Waals surface area contributed by atoms with E-state index in [1.54, 1.807) is 6.92 Å². The largest absolute Gasteiger partial charge is 0.491 e. The minimum absolute atomic E-state index is 0.0446. The Morgan fingerprint density at radius 3 is 2.00 bits per heavy atom. The molecule has 0 unspecified atom stereocenters. The van der Waals surface area contributed by atoms with Gasteiger partial charge in [-0.2, -0.15) is 0 Å². The molecular weight excluding hydrogens is 203 g/mol. The molecule has 0 heterocycles. The van der Waals surface area contributed by atoms with E-state index in [-0.39, 0.29) is 6.61 Å². The molecule has 0 bridgehead atoms. The lowest BCUT2D eigenvalue weighted by molar-refractivity contribution is -0.240. The van der Waals surface area contributed by atoms with Gasteiger partial charge in [-0.25, -0.2) is 19.1 Å². The molecule has 7 nitrogen and oxygen atoms in total. The van der Waals surface area contributed by atoms with E-state index in [0.717, 1.165) is 14.2 Å². The summed E-state index contributed by atoms with van der Waals surface area (Å²) in [7, 11) is -1.98. The van der Waals surface area contributed by atoms with Crippen molar-refractivity contribution in [3.63, 3.8) is 0 Å². The molecule has 0 rings (SSSR count). The molecule has 0 radical (unpaired) electrons. The molecule has 0 saturated carbocycles. The summed E-state index contributed by atoms with van der Waals surface area (Å²) >= 11 is 0. The van der Waals surface area contributed by atoms with E-state index in [9.17, 15) is 9.36 Å². The highest BCUT2D eigenvalue weighted by Crippen LogP contribution is 2.50. The van der Waals surface area contributed by atoms with Crippen LogP contribution in [0.5, 0.6) is 0 Å². The van der Waals surface area contributed by atoms with Crippen LogP contribution in [-0.4, -0.2) is 26.5 Å². The zero-order chi connectivity index (χ0) is 10.3. The van der Waals surface area contributed by atoms with Gasteiger partial charge in [-0.15, -0.1) is 9.35 Å². The number of hydrogen-bond donors (Lipinski definition) is 0. The second-order valence-electron chi connectivity index (χ2n) is 1.68. The molecule has 78 valence electrons. The third-order valence-corrected chi connectivity index (χ3v) is 2.10. The van der Waals surface area contributed by atoms with Crippen molar-refractivity contribution in [2.75, 3.05) is 20.8 Å². The third-order valence-electron chi connectivity index (χ3n) is 0.837. The number of hydrogen-bond acceptors (Lipinski definition) is 7. The van der Waals surface area contributed by atoms with E-state index in [4.69, 9.17) is 0 Å². The van der Waals surface area contributed by atoms with Gasteiger partial charge in [-0.3, -0.25) is 0 Å². The molecule has 0 spiro atoms. The Balaban J connectivity index is 4.38. The van der Waals surface area contributed by atoms with E-state index >= 15 is 0 Å². The highest BCUT2D eigenvalue weighted by molar-refractivity contribution is 7.71. The zero-order valence-electron chi connectivity index (χ0n) is 7.51. The van der Waals surface area contributed by atoms with Crippen LogP contribution < -0.4 is 0 Å². The average molecular weight is 214 g/mol. The van der Waals surface area contributed by atoms with Crippen LogP contribution in [0.2, 0.25) is 0 Å². The van der Waals surface area contributed by atoms with E-state index in [1.807, 2.05) is 0 Å². The summed E-state index contributed by atoms with van der Waals surface area (Å²) in [6.07, 6.45) is 0. The molecule has 13 heavy (non-hydrogen) atoms. The lowest BCUT2D eigenvalue weighted by Crippen LogP contribution is -2.08. The van der Waals surface area contributed by atoms with Gasteiger partial charge in [-0.05, 0) is 6.92 Å². The molecule has 0 aromatic carbocycles. The first-order valence-corrected chi connectivity index (χ1v) is 4.87. The molecule has 0 fully saturated rings. The van der Waals surface area contributed by atoms with Crippen LogP contribution in [0.3, 0.4) is 0 Å². The van der Waals surface area contributed by atoms with Gasteiger partial charge in [0.1, 0.15) is 0 Å². The Labute approximate surface area is 75.2 Å². The zero-order valence-corrected chi connectivity index (χ0v) is 8.41. The monoisotopic (exact) mass is 214 g/mol. The highest BCUT2D eigenvalue weighted by Gasteiger charge is 2.39. The summed E-state index contributed by atoms with van der Waals surface area (Å²) < 4.78 is 24.0. The van der Waals surface area contributed by atoms with Crippen molar-refractivity contribution >= 4 is 13.3 Å². The minimum atomic E-state index is -4.13. The van der Waals surface area contributed by atoms with Crippen molar-refractivity contribution in [3.8, 4) is 0 Å². The van der Waals surface area contributed by atoms with Crippen LogP contribution in [-0.2, 0) is 28.4 Å². The normalized spacial score (nSPS) is 11.3. The fraction of sp³-hybridized carbons (Fsp3) is 0.800. The van der Waals surface area contributed by atoms with Crippen molar-refractivity contribution in [3.05, 3.63) is 0 Å². The molecule has 0 aliphatic carbocycles. The first-order chi connectivity index (χ1) is 6.10. The second-order valence-corrected chi connectivity index (χ2v) is 3.34. The molecule has 0 aliphatic heterocycles. The van der Waals surface area contributed by atoms with E-state index < -0.39 is 13.3 Å². The summed E-state index contributed by atoms with van der Waals surface area (Å²) in [6, 6.07) is 0. The Morgan fingerprint density at radius 2 is 1.69 bits per heavy atom. The number of ether oxygens (including phenoxy) is 1. The van der Waals surface area contributed by atoms with Crippen molar-refractivity contribution in [2.24, 2.45) is 0 Å². The molecule has 0 aromatic heterocycles. The predicted octanol–water partition coefficient (Wildman–Crippen LogP) is 1.49. The molecule has 0 saturated heterocycles. The summed E-state index contributed by atoms with van der Waals surface area (Å²) in [5.41, 5.74) is -1.17. The Kier molecular flexibility index (Phi) is 5.85. The van der Waals surface area contributed by atoms with Crippen LogP contribution in [0.4, 0.5) is 4.79 Å². The Hall–Kier alpha value is -0.460. The fourth-order valence-electron chi connectivity index (χ4n) is 0.472. The maximum absolute atomic E-state index is 11.3. The Morgan fingerprint density at radius 1 is 1.23 bits per heavy atom. The van der Waals surface area contributed by atoms with Gasteiger partial charge in [0.2, 0.25) is 0 Å². The second kappa shape index (κ2) is 6.06. The molecule has 0 amide bonds. The van der Waals surface area contributed by atoms with Gasteiger partial charge in [0.25, 0.3) is 0 Å². The van der Waals surface area contributed by atoms with E-state index in [1.165, 1.54) is 0 Å². The van der Waals surface area contributed by atoms with Gasteiger partial charge in [0.15, 0.2) is 0 Å². The molecule has 0 N–H and O–H groups in total. The van der Waals surface area contributed by atoms with Gasteiger partial charge in [0.05, 0.1) is 20.8 Å². The fourth-order valence-corrected chi connectivity index (χ4v) is 1.30. The lowest BCUT2D eigenvalue weighted by atomic mass is 10.9. The molecule has 0 aromatic rings. The minimum Gasteiger partial charge on any atom is -0.457 e. The van der Waals surface area contributed by atoms with Crippen LogP contribution in [0.15, 0.2) is 0 Å². The first-order valence-electron chi connectivity index (χ1n) is 3.33. The van der Waals surface area contributed by atoms with Gasteiger partial charge < -0.3 is 4.74 Å². The van der Waals surface area contributed by atoms with Crippen LogP contribution >= 0.6 is 7.60 Å². The number of rotatable bonds is 6. The van der Waals surface area contributed by atoms with Crippen molar-refractivity contribution in [1.82, 2.24) is 0 Å². The smallest absolute Gasteiger partial charge is 0.457 e. The standard InChI is InChI=1S/C5H11O7P/c1-4-10-5(6)13(7,11-8-2)12-9-3/h4H2,1-3H3. The maximum atomic E-state index is 11.3. The molecule has 8 heteroatoms. The van der Waals surface area contributed by atoms with Crippen LogP contribution in [0, 0.1) is 0 Å². The maximum Gasteiger partial charge on any atom is 0.491 e. The average Bonchev–Trinajstić information content (AvgIpc) is 2.05. The van der Waals surface area contributed by atoms with Gasteiger partial charge in [0, 0.05) is 0 Å². The summed E-state index contributed by atoms with van der Waals surface area (Å²) in [5.74, 6) is 0. The summed E-state index contributed by atoms with van der Waals surface area (Å²) in [6.45, 7) is 1.59. The molecule has 0 aliphatic rings. The summed E-state index contributed by atoms with van der Waals surface area (Å²) in [4.78, 5) is 19.1. The third kappa shape index (κ3) is 3.84. The van der Waals surface area contributed by atoms with E-state index in [0.29, 0.717) is 0 Å². The van der Waals surface area contributed by atoms with Gasteiger partial charge in [-0.1, -0.05) is 0 Å². The predicted molar refractivity (Wildman–Crippen MR) is 40.8 cm³/mol. The number of carbonyl (C=O) groups excluding carboxylic acids is 1. The Bertz CT molecular complexity index is 193. The quantitative estimate of drug-likeness (QED) is 0.376. The topological polar surface area (TPSA) is 80.3 Å². The summed E-state index contributed by atoms with van der Waals surface area (Å²) in [5, 5.41) is 0. The van der Waals surface area contributed by atoms with E-state index in [2.05, 4.69) is 23.9 Å².